The van der Waals surface area contributed by atoms with E-state index >= 15 is 0 Å². The van der Waals surface area contributed by atoms with Crippen LogP contribution >= 0.6 is 11.6 Å². The van der Waals surface area contributed by atoms with Crippen molar-refractivity contribution in [3.05, 3.63) is 47.2 Å². The van der Waals surface area contributed by atoms with E-state index in [1.165, 1.54) is 4.57 Å². The molecule has 198 valence electrons. The Morgan fingerprint density at radius 2 is 2.05 bits per heavy atom. The van der Waals surface area contributed by atoms with E-state index < -0.39 is 5.97 Å². The number of carbonyl (C=O) groups excluding carboxylic acids is 1. The molecule has 0 radical (unpaired) electrons. The Morgan fingerprint density at radius 1 is 1.24 bits per heavy atom. The number of aromatic nitrogens is 2. The number of fused-ring (bicyclic) bond motifs is 1. The average molecular weight is 529 g/mol. The van der Waals surface area contributed by atoms with E-state index in [0.717, 1.165) is 36.9 Å². The summed E-state index contributed by atoms with van der Waals surface area (Å²) in [5, 5.41) is 10.3. The molecule has 4 rings (SSSR count). The molecule has 0 saturated carbocycles. The van der Waals surface area contributed by atoms with Crippen LogP contribution in [0.15, 0.2) is 36.7 Å². The van der Waals surface area contributed by atoms with Crippen molar-refractivity contribution in [2.45, 2.75) is 58.7 Å². The first-order valence-electron chi connectivity index (χ1n) is 12.6. The van der Waals surface area contributed by atoms with Crippen molar-refractivity contribution in [1.29, 1.82) is 0 Å². The Kier molecular flexibility index (Phi) is 8.43. The maximum Gasteiger partial charge on any atom is 0.325 e. The monoisotopic (exact) mass is 528 g/mol. The molecule has 2 amide bonds. The van der Waals surface area contributed by atoms with Crippen molar-refractivity contribution < 1.29 is 24.2 Å². The van der Waals surface area contributed by atoms with Crippen molar-refractivity contribution in [2.24, 2.45) is 0 Å². The molecule has 0 bridgehead atoms. The van der Waals surface area contributed by atoms with Gasteiger partial charge in [-0.2, -0.15) is 0 Å². The summed E-state index contributed by atoms with van der Waals surface area (Å²) in [7, 11) is 1.60. The fourth-order valence-electron chi connectivity index (χ4n) is 4.67. The summed E-state index contributed by atoms with van der Waals surface area (Å²) < 4.78 is 13.0. The number of amides is 2. The minimum atomic E-state index is -0.982. The number of carboxylic acids is 1. The fourth-order valence-corrected chi connectivity index (χ4v) is 4.99. The molecule has 1 atom stereocenters. The van der Waals surface area contributed by atoms with Crippen LogP contribution in [0.1, 0.15) is 45.1 Å². The van der Waals surface area contributed by atoms with Gasteiger partial charge in [0.15, 0.2) is 11.5 Å². The number of carboxylic acid groups (broad SMARTS) is 1. The highest BCUT2D eigenvalue weighted by Gasteiger charge is 2.33. The van der Waals surface area contributed by atoms with Gasteiger partial charge >= 0.3 is 12.0 Å². The molecule has 1 saturated heterocycles. The number of urea groups is 1. The van der Waals surface area contributed by atoms with Gasteiger partial charge in [0.05, 0.1) is 18.7 Å². The van der Waals surface area contributed by atoms with E-state index in [9.17, 15) is 14.7 Å². The van der Waals surface area contributed by atoms with Gasteiger partial charge in [0, 0.05) is 48.7 Å². The van der Waals surface area contributed by atoms with Crippen molar-refractivity contribution >= 4 is 40.3 Å². The lowest BCUT2D eigenvalue weighted by Crippen LogP contribution is -2.53. The van der Waals surface area contributed by atoms with Crippen LogP contribution in [0.5, 0.6) is 11.5 Å². The normalized spacial score (nSPS) is 15.9. The second-order valence-corrected chi connectivity index (χ2v) is 9.67. The number of methoxy groups -OCH3 is 1. The molecule has 0 spiro atoms. The zero-order valence-corrected chi connectivity index (χ0v) is 22.2. The lowest BCUT2D eigenvalue weighted by molar-refractivity contribution is -0.137. The molecule has 1 N–H and O–H groups in total. The third-order valence-corrected chi connectivity index (χ3v) is 6.97. The largest absolute Gasteiger partial charge is 0.493 e. The van der Waals surface area contributed by atoms with E-state index in [2.05, 4.69) is 11.9 Å². The highest BCUT2D eigenvalue weighted by Crippen LogP contribution is 2.35. The SMILES string of the molecule is CCCCCOc1cc(N2CCC(C)N(Cc3ccnc4c3c(Cl)cn4CC(=O)O)C2=O)ccc1OC. The van der Waals surface area contributed by atoms with E-state index in [-0.39, 0.29) is 18.6 Å². The quantitative estimate of drug-likeness (QED) is 0.327. The lowest BCUT2D eigenvalue weighted by atomic mass is 10.1. The van der Waals surface area contributed by atoms with Crippen LogP contribution in [0.3, 0.4) is 0 Å². The first kappa shape index (κ1) is 26.6. The number of rotatable bonds is 11. The smallest absolute Gasteiger partial charge is 0.325 e. The van der Waals surface area contributed by atoms with Crippen LogP contribution in [0.25, 0.3) is 11.0 Å². The Hall–Kier alpha value is -3.46. The van der Waals surface area contributed by atoms with E-state index in [1.54, 1.807) is 24.4 Å². The summed E-state index contributed by atoms with van der Waals surface area (Å²) in [6.45, 7) is 5.42. The van der Waals surface area contributed by atoms with Gasteiger partial charge in [0.2, 0.25) is 0 Å². The number of ether oxygens (including phenoxy) is 2. The van der Waals surface area contributed by atoms with Crippen LogP contribution in [-0.4, -0.2) is 57.9 Å². The Labute approximate surface area is 221 Å². The molecule has 9 nitrogen and oxygen atoms in total. The van der Waals surface area contributed by atoms with Gasteiger partial charge in [-0.05, 0) is 43.5 Å². The molecule has 3 heterocycles. The summed E-state index contributed by atoms with van der Waals surface area (Å²) in [5.74, 6) is 0.274. The standard InChI is InChI=1S/C27H33ClN4O5/c1-4-5-6-13-37-23-14-20(7-8-22(23)36-3)31-12-10-18(2)32(27(31)35)15-19-9-11-29-26-25(19)21(28)16-30(26)17-24(33)34/h7-9,11,14,16,18H,4-6,10,12-13,15,17H2,1-3H3,(H,33,34). The third kappa shape index (κ3) is 5.77. The number of pyridine rings is 1. The molecular weight excluding hydrogens is 496 g/mol. The molecular formula is C27H33ClN4O5. The average Bonchev–Trinajstić information content (AvgIpc) is 3.19. The molecule has 1 aliphatic heterocycles. The Morgan fingerprint density at radius 3 is 2.78 bits per heavy atom. The number of halogens is 1. The number of hydrogen-bond acceptors (Lipinski definition) is 5. The van der Waals surface area contributed by atoms with Gasteiger partial charge in [-0.1, -0.05) is 31.4 Å². The molecule has 0 aliphatic carbocycles. The van der Waals surface area contributed by atoms with Crippen molar-refractivity contribution in [3.8, 4) is 11.5 Å². The van der Waals surface area contributed by atoms with E-state index in [4.69, 9.17) is 21.1 Å². The predicted octanol–water partition coefficient (Wildman–Crippen LogP) is 5.57. The van der Waals surface area contributed by atoms with Crippen LogP contribution in [0, 0.1) is 0 Å². The maximum absolute atomic E-state index is 13.7. The number of anilines is 1. The van der Waals surface area contributed by atoms with Crippen LogP contribution < -0.4 is 14.4 Å². The van der Waals surface area contributed by atoms with Crippen molar-refractivity contribution in [2.75, 3.05) is 25.2 Å². The molecule has 1 fully saturated rings. The highest BCUT2D eigenvalue weighted by atomic mass is 35.5. The van der Waals surface area contributed by atoms with Gasteiger partial charge in [0.25, 0.3) is 0 Å². The number of unbranched alkanes of at least 4 members (excludes halogenated alkanes) is 2. The van der Waals surface area contributed by atoms with Gasteiger partial charge in [-0.3, -0.25) is 9.69 Å². The van der Waals surface area contributed by atoms with Gasteiger partial charge in [0.1, 0.15) is 12.2 Å². The summed E-state index contributed by atoms with van der Waals surface area (Å²) in [4.78, 5) is 32.9. The van der Waals surface area contributed by atoms with Crippen LogP contribution in [0.2, 0.25) is 5.02 Å². The minimum absolute atomic E-state index is 0.00913. The third-order valence-electron chi connectivity index (χ3n) is 6.69. The summed E-state index contributed by atoms with van der Waals surface area (Å²) in [6, 6.07) is 7.29. The van der Waals surface area contributed by atoms with Gasteiger partial charge in [-0.15, -0.1) is 0 Å². The summed E-state index contributed by atoms with van der Waals surface area (Å²) in [6.07, 6.45) is 7.13. The summed E-state index contributed by atoms with van der Waals surface area (Å²) >= 11 is 6.50. The topological polar surface area (TPSA) is 97.1 Å². The first-order chi connectivity index (χ1) is 17.8. The number of nitrogens with zero attached hydrogens (tertiary/aromatic N) is 4. The lowest BCUT2D eigenvalue weighted by Gasteiger charge is -2.40. The number of aliphatic carboxylic acids is 1. The predicted molar refractivity (Wildman–Crippen MR) is 143 cm³/mol. The van der Waals surface area contributed by atoms with Crippen molar-refractivity contribution in [3.63, 3.8) is 0 Å². The highest BCUT2D eigenvalue weighted by molar-refractivity contribution is 6.35. The van der Waals surface area contributed by atoms with Crippen LogP contribution in [-0.2, 0) is 17.9 Å². The molecule has 10 heteroatoms. The summed E-state index contributed by atoms with van der Waals surface area (Å²) in [5.41, 5.74) is 2.05. The van der Waals surface area contributed by atoms with E-state index in [0.29, 0.717) is 47.3 Å². The molecule has 2 aromatic heterocycles. The van der Waals surface area contributed by atoms with E-state index in [1.807, 2.05) is 36.1 Å². The molecule has 1 unspecified atom stereocenters. The molecule has 1 aromatic carbocycles. The maximum atomic E-state index is 13.7. The Bertz CT molecular complexity index is 1280. The van der Waals surface area contributed by atoms with Gasteiger partial charge < -0.3 is 24.0 Å². The fraction of sp³-hybridized carbons (Fsp3) is 0.444. The molecule has 3 aromatic rings. The Balaban J connectivity index is 1.59. The number of carbonyl (C=O) groups is 2. The zero-order valence-electron chi connectivity index (χ0n) is 21.4. The van der Waals surface area contributed by atoms with Gasteiger partial charge in [-0.25, -0.2) is 9.78 Å². The first-order valence-corrected chi connectivity index (χ1v) is 12.9. The minimum Gasteiger partial charge on any atom is -0.493 e. The number of benzene rings is 1. The van der Waals surface area contributed by atoms with Crippen LogP contribution in [0.4, 0.5) is 10.5 Å². The second-order valence-electron chi connectivity index (χ2n) is 9.26. The molecule has 1 aliphatic rings. The molecule has 37 heavy (non-hydrogen) atoms. The second kappa shape index (κ2) is 11.7. The van der Waals surface area contributed by atoms with Crippen molar-refractivity contribution in [1.82, 2.24) is 14.5 Å². The zero-order chi connectivity index (χ0) is 26.5. The number of hydrogen-bond donors (Lipinski definition) is 1.